The van der Waals surface area contributed by atoms with E-state index in [0.29, 0.717) is 12.1 Å². The second kappa shape index (κ2) is 4.97. The standard InChI is InChI=1S/C9H12F2N2O/c1-12-5-8(14)6-2-3-13-7(4-6)9(10)11/h2-4,8-9,12,14H,5H2,1H3. The summed E-state index contributed by atoms with van der Waals surface area (Å²) in [5.41, 5.74) is 0.141. The van der Waals surface area contributed by atoms with Gasteiger partial charge in [0, 0.05) is 12.7 Å². The van der Waals surface area contributed by atoms with E-state index in [9.17, 15) is 13.9 Å². The number of nitrogens with zero attached hydrogens (tertiary/aromatic N) is 1. The van der Waals surface area contributed by atoms with Crippen LogP contribution in [0.2, 0.25) is 0 Å². The summed E-state index contributed by atoms with van der Waals surface area (Å²) in [4.78, 5) is 3.50. The maximum absolute atomic E-state index is 12.2. The number of hydrogen-bond donors (Lipinski definition) is 2. The fraction of sp³-hybridized carbons (Fsp3) is 0.444. The molecule has 0 saturated carbocycles. The van der Waals surface area contributed by atoms with Gasteiger partial charge in [-0.15, -0.1) is 0 Å². The Morgan fingerprint density at radius 3 is 2.86 bits per heavy atom. The van der Waals surface area contributed by atoms with Crippen molar-refractivity contribution >= 4 is 0 Å². The summed E-state index contributed by atoms with van der Waals surface area (Å²) in [6.45, 7) is 0.326. The minimum absolute atomic E-state index is 0.308. The van der Waals surface area contributed by atoms with Crippen LogP contribution >= 0.6 is 0 Å². The van der Waals surface area contributed by atoms with Gasteiger partial charge in [0.2, 0.25) is 0 Å². The maximum Gasteiger partial charge on any atom is 0.280 e. The van der Waals surface area contributed by atoms with E-state index in [1.807, 2.05) is 0 Å². The molecule has 0 amide bonds. The van der Waals surface area contributed by atoms with Crippen molar-refractivity contribution in [3.8, 4) is 0 Å². The molecule has 0 aliphatic rings. The third-order valence-corrected chi connectivity index (χ3v) is 1.81. The van der Waals surface area contributed by atoms with Crippen molar-refractivity contribution in [3.05, 3.63) is 29.6 Å². The molecule has 1 heterocycles. The molecule has 78 valence electrons. The molecule has 0 saturated heterocycles. The molecule has 2 N–H and O–H groups in total. The second-order valence-electron chi connectivity index (χ2n) is 2.89. The van der Waals surface area contributed by atoms with Crippen LogP contribution in [0, 0.1) is 0 Å². The Bertz CT molecular complexity index is 294. The molecular formula is C9H12F2N2O. The highest BCUT2D eigenvalue weighted by Crippen LogP contribution is 2.19. The van der Waals surface area contributed by atoms with E-state index in [1.165, 1.54) is 18.3 Å². The van der Waals surface area contributed by atoms with Gasteiger partial charge in [-0.25, -0.2) is 8.78 Å². The molecule has 1 aromatic rings. The number of aliphatic hydroxyl groups excluding tert-OH is 1. The first kappa shape index (κ1) is 11.0. The molecule has 1 aromatic heterocycles. The highest BCUT2D eigenvalue weighted by molar-refractivity contribution is 5.19. The van der Waals surface area contributed by atoms with Crippen LogP contribution in [0.4, 0.5) is 8.78 Å². The zero-order valence-corrected chi connectivity index (χ0v) is 7.74. The summed E-state index contributed by atoms with van der Waals surface area (Å²) in [6.07, 6.45) is -2.10. The van der Waals surface area contributed by atoms with Gasteiger partial charge >= 0.3 is 0 Å². The quantitative estimate of drug-likeness (QED) is 0.772. The van der Waals surface area contributed by atoms with Crippen molar-refractivity contribution in [2.24, 2.45) is 0 Å². The van der Waals surface area contributed by atoms with Gasteiger partial charge in [-0.3, -0.25) is 4.98 Å². The average Bonchev–Trinajstić information content (AvgIpc) is 2.18. The molecule has 14 heavy (non-hydrogen) atoms. The molecule has 0 radical (unpaired) electrons. The fourth-order valence-electron chi connectivity index (χ4n) is 1.10. The second-order valence-corrected chi connectivity index (χ2v) is 2.89. The number of pyridine rings is 1. The van der Waals surface area contributed by atoms with Gasteiger partial charge < -0.3 is 10.4 Å². The van der Waals surface area contributed by atoms with Crippen molar-refractivity contribution < 1.29 is 13.9 Å². The molecular weight excluding hydrogens is 190 g/mol. The summed E-state index contributed by atoms with van der Waals surface area (Å²) < 4.78 is 24.5. The number of hydrogen-bond acceptors (Lipinski definition) is 3. The number of aliphatic hydroxyl groups is 1. The summed E-state index contributed by atoms with van der Waals surface area (Å²) >= 11 is 0. The van der Waals surface area contributed by atoms with Crippen LogP contribution in [0.15, 0.2) is 18.3 Å². The topological polar surface area (TPSA) is 45.1 Å². The van der Waals surface area contributed by atoms with Crippen LogP contribution in [-0.4, -0.2) is 23.7 Å². The highest BCUT2D eigenvalue weighted by atomic mass is 19.3. The molecule has 1 unspecified atom stereocenters. The lowest BCUT2D eigenvalue weighted by molar-refractivity contribution is 0.144. The number of alkyl halides is 2. The van der Waals surface area contributed by atoms with Crippen LogP contribution in [0.1, 0.15) is 23.8 Å². The molecule has 0 aromatic carbocycles. The zero-order valence-electron chi connectivity index (χ0n) is 7.74. The molecule has 5 heteroatoms. The molecule has 1 atom stereocenters. The van der Waals surface area contributed by atoms with Gasteiger partial charge in [-0.05, 0) is 24.7 Å². The number of halogens is 2. The molecule has 0 aliphatic heterocycles. The average molecular weight is 202 g/mol. The first-order valence-electron chi connectivity index (χ1n) is 4.21. The maximum atomic E-state index is 12.2. The molecule has 3 nitrogen and oxygen atoms in total. The van der Waals surface area contributed by atoms with E-state index in [4.69, 9.17) is 0 Å². The lowest BCUT2D eigenvalue weighted by atomic mass is 10.1. The first-order valence-corrected chi connectivity index (χ1v) is 4.21. The van der Waals surface area contributed by atoms with Gasteiger partial charge in [0.1, 0.15) is 5.69 Å². The van der Waals surface area contributed by atoms with Gasteiger partial charge in [0.25, 0.3) is 6.43 Å². The number of aromatic nitrogens is 1. The lowest BCUT2D eigenvalue weighted by Gasteiger charge is -2.10. The number of nitrogens with one attached hydrogen (secondary N) is 1. The molecule has 0 aliphatic carbocycles. The fourth-order valence-corrected chi connectivity index (χ4v) is 1.10. The van der Waals surface area contributed by atoms with E-state index < -0.39 is 12.5 Å². The summed E-state index contributed by atoms with van der Waals surface area (Å²) in [5, 5.41) is 12.2. The Hall–Kier alpha value is -1.07. The minimum Gasteiger partial charge on any atom is -0.387 e. The highest BCUT2D eigenvalue weighted by Gasteiger charge is 2.12. The monoisotopic (exact) mass is 202 g/mol. The molecule has 0 bridgehead atoms. The van der Waals surface area contributed by atoms with Gasteiger partial charge in [-0.2, -0.15) is 0 Å². The minimum atomic E-state index is -2.60. The van der Waals surface area contributed by atoms with Crippen molar-refractivity contribution in [1.29, 1.82) is 0 Å². The largest absolute Gasteiger partial charge is 0.387 e. The first-order chi connectivity index (χ1) is 6.65. The van der Waals surface area contributed by atoms with Crippen LogP contribution < -0.4 is 5.32 Å². The van der Waals surface area contributed by atoms with E-state index in [1.54, 1.807) is 7.05 Å². The van der Waals surface area contributed by atoms with Crippen LogP contribution in [0.3, 0.4) is 0 Å². The Kier molecular flexibility index (Phi) is 3.91. The summed E-state index contributed by atoms with van der Waals surface area (Å²) in [6, 6.07) is 2.74. The Morgan fingerprint density at radius 1 is 1.57 bits per heavy atom. The Balaban J connectivity index is 2.82. The number of rotatable bonds is 4. The van der Waals surface area contributed by atoms with Gasteiger partial charge in [0.05, 0.1) is 6.10 Å². The van der Waals surface area contributed by atoms with Crippen LogP contribution in [-0.2, 0) is 0 Å². The Morgan fingerprint density at radius 2 is 2.29 bits per heavy atom. The summed E-state index contributed by atoms with van der Waals surface area (Å²) in [5.74, 6) is 0. The Labute approximate surface area is 80.8 Å². The third kappa shape index (κ3) is 2.71. The molecule has 1 rings (SSSR count). The van der Waals surface area contributed by atoms with E-state index in [-0.39, 0.29) is 5.69 Å². The van der Waals surface area contributed by atoms with Crippen molar-refractivity contribution in [2.45, 2.75) is 12.5 Å². The molecule has 0 fully saturated rings. The summed E-state index contributed by atoms with van der Waals surface area (Å²) in [7, 11) is 1.68. The van der Waals surface area contributed by atoms with Crippen molar-refractivity contribution in [2.75, 3.05) is 13.6 Å². The van der Waals surface area contributed by atoms with Crippen molar-refractivity contribution in [1.82, 2.24) is 10.3 Å². The van der Waals surface area contributed by atoms with Crippen LogP contribution in [0.25, 0.3) is 0 Å². The predicted octanol–water partition coefficient (Wildman–Crippen LogP) is 1.27. The van der Waals surface area contributed by atoms with Crippen LogP contribution in [0.5, 0.6) is 0 Å². The number of likely N-dealkylation sites (N-methyl/N-ethyl adjacent to an activating group) is 1. The van der Waals surface area contributed by atoms with E-state index in [0.717, 1.165) is 0 Å². The lowest BCUT2D eigenvalue weighted by Crippen LogP contribution is -2.16. The van der Waals surface area contributed by atoms with E-state index >= 15 is 0 Å². The normalized spacial score (nSPS) is 13.2. The SMILES string of the molecule is CNCC(O)c1ccnc(C(F)F)c1. The van der Waals surface area contributed by atoms with Crippen molar-refractivity contribution in [3.63, 3.8) is 0 Å². The predicted molar refractivity (Wildman–Crippen MR) is 48.1 cm³/mol. The third-order valence-electron chi connectivity index (χ3n) is 1.81. The van der Waals surface area contributed by atoms with E-state index in [2.05, 4.69) is 10.3 Å². The van der Waals surface area contributed by atoms with Gasteiger partial charge in [0.15, 0.2) is 0 Å². The zero-order chi connectivity index (χ0) is 10.6. The van der Waals surface area contributed by atoms with Gasteiger partial charge in [-0.1, -0.05) is 0 Å². The molecule has 0 spiro atoms. The smallest absolute Gasteiger partial charge is 0.280 e.